The molecule has 0 bridgehead atoms. The predicted octanol–water partition coefficient (Wildman–Crippen LogP) is 1.97. The summed E-state index contributed by atoms with van der Waals surface area (Å²) in [6.45, 7) is 3.28. The van der Waals surface area contributed by atoms with Gasteiger partial charge in [-0.05, 0) is 30.3 Å². The number of hydrogen-bond donors (Lipinski definition) is 3. The lowest BCUT2D eigenvalue weighted by Crippen LogP contribution is -2.47. The van der Waals surface area contributed by atoms with Crippen LogP contribution in [-0.4, -0.2) is 44.5 Å². The zero-order chi connectivity index (χ0) is 20.3. The maximum absolute atomic E-state index is 11.7. The SMILES string of the molecule is CCc1[nH]c2nc(Sc3cccnc3)nc(N3CC4C(C3)C4(N)C(N)=O)c2c1Cl. The van der Waals surface area contributed by atoms with Gasteiger partial charge in [-0.15, -0.1) is 0 Å². The number of nitrogens with two attached hydrogens (primary N) is 2. The molecule has 0 radical (unpaired) electrons. The van der Waals surface area contributed by atoms with Gasteiger partial charge in [-0.25, -0.2) is 9.97 Å². The molecule has 10 heteroatoms. The standard InChI is InChI=1S/C19H20ClN7OS/c1-2-12-14(20)13-15(24-12)25-18(29-9-4-3-5-23-6-9)26-16(13)27-7-10-11(8-27)19(10,22)17(21)28/h3-6,10-11H,2,7-8,22H2,1H3,(H2,21,28)(H,24,25,26). The molecule has 5 rings (SSSR count). The minimum atomic E-state index is -0.896. The van der Waals surface area contributed by atoms with Crippen molar-refractivity contribution in [1.29, 1.82) is 0 Å². The van der Waals surface area contributed by atoms with E-state index in [2.05, 4.69) is 19.9 Å². The van der Waals surface area contributed by atoms with Gasteiger partial charge in [-0.2, -0.15) is 0 Å². The van der Waals surface area contributed by atoms with E-state index in [0.717, 1.165) is 28.2 Å². The minimum Gasteiger partial charge on any atom is -0.368 e. The molecule has 1 amide bonds. The van der Waals surface area contributed by atoms with E-state index < -0.39 is 11.4 Å². The highest BCUT2D eigenvalue weighted by Gasteiger charge is 2.70. The third-order valence-electron chi connectivity index (χ3n) is 5.98. The Labute approximate surface area is 176 Å². The van der Waals surface area contributed by atoms with Crippen LogP contribution in [0.5, 0.6) is 0 Å². The van der Waals surface area contributed by atoms with E-state index in [1.54, 1.807) is 12.4 Å². The molecule has 1 aliphatic heterocycles. The third kappa shape index (κ3) is 2.79. The van der Waals surface area contributed by atoms with Crippen LogP contribution in [0.2, 0.25) is 5.02 Å². The van der Waals surface area contributed by atoms with Gasteiger partial charge < -0.3 is 21.4 Å². The second-order valence-corrected chi connectivity index (χ2v) is 8.95. The van der Waals surface area contributed by atoms with E-state index in [9.17, 15) is 4.79 Å². The molecular weight excluding hydrogens is 410 g/mol. The Morgan fingerprint density at radius 2 is 2.17 bits per heavy atom. The van der Waals surface area contributed by atoms with Crippen LogP contribution in [-0.2, 0) is 11.2 Å². The summed E-state index contributed by atoms with van der Waals surface area (Å²) in [5.74, 6) is 0.424. The number of aromatic nitrogens is 4. The number of pyridine rings is 1. The van der Waals surface area contributed by atoms with E-state index in [0.29, 0.717) is 28.9 Å². The van der Waals surface area contributed by atoms with Gasteiger partial charge in [0, 0.05) is 47.9 Å². The van der Waals surface area contributed by atoms with Crippen LogP contribution in [0.25, 0.3) is 11.0 Å². The van der Waals surface area contributed by atoms with Crippen LogP contribution in [0.1, 0.15) is 12.6 Å². The summed E-state index contributed by atoms with van der Waals surface area (Å²) in [6, 6.07) is 3.84. The Morgan fingerprint density at radius 3 is 2.79 bits per heavy atom. The first-order valence-corrected chi connectivity index (χ1v) is 10.6. The second-order valence-electron chi connectivity index (χ2n) is 7.53. The Morgan fingerprint density at radius 1 is 1.41 bits per heavy atom. The smallest absolute Gasteiger partial charge is 0.238 e. The molecule has 29 heavy (non-hydrogen) atoms. The van der Waals surface area contributed by atoms with Gasteiger partial charge in [0.25, 0.3) is 0 Å². The number of piperidine rings is 1. The maximum Gasteiger partial charge on any atom is 0.238 e. The summed E-state index contributed by atoms with van der Waals surface area (Å²) >= 11 is 8.10. The molecule has 0 spiro atoms. The van der Waals surface area contributed by atoms with Crippen LogP contribution < -0.4 is 16.4 Å². The van der Waals surface area contributed by atoms with Gasteiger partial charge >= 0.3 is 0 Å². The maximum atomic E-state index is 11.7. The summed E-state index contributed by atoms with van der Waals surface area (Å²) in [7, 11) is 0. The number of rotatable bonds is 5. The monoisotopic (exact) mass is 429 g/mol. The molecule has 1 saturated heterocycles. The predicted molar refractivity (Wildman–Crippen MR) is 112 cm³/mol. The van der Waals surface area contributed by atoms with Crippen molar-refractivity contribution in [3.8, 4) is 0 Å². The van der Waals surface area contributed by atoms with Crippen LogP contribution in [0.4, 0.5) is 5.82 Å². The van der Waals surface area contributed by atoms with Crippen molar-refractivity contribution in [2.45, 2.75) is 28.9 Å². The van der Waals surface area contributed by atoms with Crippen LogP contribution in [0.3, 0.4) is 0 Å². The summed E-state index contributed by atoms with van der Waals surface area (Å²) in [5.41, 5.74) is 12.4. The summed E-state index contributed by atoms with van der Waals surface area (Å²) in [6.07, 6.45) is 4.27. The number of carbonyl (C=O) groups is 1. The van der Waals surface area contributed by atoms with E-state index in [-0.39, 0.29) is 11.8 Å². The number of carbonyl (C=O) groups excluding carboxylic acids is 1. The van der Waals surface area contributed by atoms with Crippen molar-refractivity contribution >= 4 is 46.1 Å². The molecule has 2 unspecified atom stereocenters. The highest BCUT2D eigenvalue weighted by Crippen LogP contribution is 2.54. The van der Waals surface area contributed by atoms with Crippen molar-refractivity contribution in [2.24, 2.45) is 23.3 Å². The molecule has 8 nitrogen and oxygen atoms in total. The first kappa shape index (κ1) is 18.7. The van der Waals surface area contributed by atoms with Crippen LogP contribution in [0.15, 0.2) is 34.6 Å². The first-order valence-electron chi connectivity index (χ1n) is 9.43. The highest BCUT2D eigenvalue weighted by atomic mass is 35.5. The largest absolute Gasteiger partial charge is 0.368 e. The molecule has 150 valence electrons. The zero-order valence-corrected chi connectivity index (χ0v) is 17.3. The van der Waals surface area contributed by atoms with Crippen molar-refractivity contribution in [3.63, 3.8) is 0 Å². The first-order chi connectivity index (χ1) is 13.9. The molecule has 5 N–H and O–H groups in total. The number of H-pyrrole nitrogens is 1. The number of aromatic amines is 1. The highest BCUT2D eigenvalue weighted by molar-refractivity contribution is 7.99. The molecule has 2 fully saturated rings. The molecule has 1 aliphatic carbocycles. The third-order valence-corrected chi connectivity index (χ3v) is 7.24. The van der Waals surface area contributed by atoms with Gasteiger partial charge in [0.15, 0.2) is 5.16 Å². The lowest BCUT2D eigenvalue weighted by molar-refractivity contribution is -0.120. The Kier molecular flexibility index (Phi) is 4.23. The van der Waals surface area contributed by atoms with Crippen molar-refractivity contribution < 1.29 is 4.79 Å². The fourth-order valence-electron chi connectivity index (χ4n) is 4.31. The van der Waals surface area contributed by atoms with Crippen molar-refractivity contribution in [3.05, 3.63) is 35.2 Å². The average molecular weight is 430 g/mol. The topological polar surface area (TPSA) is 127 Å². The molecule has 4 heterocycles. The number of aryl methyl sites for hydroxylation is 1. The Bertz CT molecular complexity index is 1110. The number of hydrogen-bond acceptors (Lipinski definition) is 7. The number of halogens is 1. The molecular formula is C19H20ClN7OS. The molecule has 3 aromatic rings. The molecule has 1 saturated carbocycles. The van der Waals surface area contributed by atoms with Gasteiger partial charge in [0.05, 0.1) is 10.4 Å². The van der Waals surface area contributed by atoms with E-state index >= 15 is 0 Å². The summed E-state index contributed by atoms with van der Waals surface area (Å²) in [5, 5.41) is 2.06. The molecule has 0 aromatic carbocycles. The average Bonchev–Trinajstić information content (AvgIpc) is 3.04. The Balaban J connectivity index is 1.55. The van der Waals surface area contributed by atoms with Crippen LogP contribution >= 0.6 is 23.4 Å². The summed E-state index contributed by atoms with van der Waals surface area (Å²) in [4.78, 5) is 31.8. The van der Waals surface area contributed by atoms with Gasteiger partial charge in [-0.1, -0.05) is 18.5 Å². The van der Waals surface area contributed by atoms with Crippen molar-refractivity contribution in [2.75, 3.05) is 18.0 Å². The lowest BCUT2D eigenvalue weighted by atomic mass is 10.1. The van der Waals surface area contributed by atoms with Crippen LogP contribution in [0, 0.1) is 11.8 Å². The number of amides is 1. The van der Waals surface area contributed by atoms with E-state index in [1.807, 2.05) is 19.1 Å². The lowest BCUT2D eigenvalue weighted by Gasteiger charge is -2.24. The Hall–Kier alpha value is -2.36. The van der Waals surface area contributed by atoms with Gasteiger partial charge in [0.2, 0.25) is 5.91 Å². The van der Waals surface area contributed by atoms with Gasteiger partial charge in [0.1, 0.15) is 17.0 Å². The zero-order valence-electron chi connectivity index (χ0n) is 15.7. The fourth-order valence-corrected chi connectivity index (χ4v) is 5.40. The van der Waals surface area contributed by atoms with E-state index in [1.165, 1.54) is 11.8 Å². The molecule has 2 atom stereocenters. The number of nitrogens with one attached hydrogen (secondary N) is 1. The van der Waals surface area contributed by atoms with Crippen molar-refractivity contribution in [1.82, 2.24) is 19.9 Å². The normalized spacial score (nSPS) is 25.4. The molecule has 2 aliphatic rings. The van der Waals surface area contributed by atoms with E-state index in [4.69, 9.17) is 28.1 Å². The number of fused-ring (bicyclic) bond motifs is 2. The molecule has 3 aromatic heterocycles. The quantitative estimate of drug-likeness (QED) is 0.529. The number of primary amides is 1. The second kappa shape index (κ2) is 6.58. The van der Waals surface area contributed by atoms with Gasteiger partial charge in [-0.3, -0.25) is 9.78 Å². The summed E-state index contributed by atoms with van der Waals surface area (Å²) < 4.78 is 0. The number of anilines is 1. The number of nitrogens with zero attached hydrogens (tertiary/aromatic N) is 4. The minimum absolute atomic E-state index is 0.0443. The fraction of sp³-hybridized carbons (Fsp3) is 0.368.